The van der Waals surface area contributed by atoms with Gasteiger partial charge in [-0.1, -0.05) is 105 Å². The predicted molar refractivity (Wildman–Crippen MR) is 89.0 cm³/mol. The first-order chi connectivity index (χ1) is 9.93. The summed E-state index contributed by atoms with van der Waals surface area (Å²) in [5.41, 5.74) is 0. The van der Waals surface area contributed by atoms with Crippen LogP contribution in [0.1, 0.15) is 0 Å². The molecule has 0 aliphatic carbocycles. The van der Waals surface area contributed by atoms with Crippen LogP contribution in [0, 0.1) is 0 Å². The van der Waals surface area contributed by atoms with Crippen LogP contribution in [0.2, 0.25) is 0 Å². The van der Waals surface area contributed by atoms with Gasteiger partial charge in [0, 0.05) is 0 Å². The van der Waals surface area contributed by atoms with E-state index < -0.39 is 8.80 Å². The fourth-order valence-corrected chi connectivity index (χ4v) is 7.71. The van der Waals surface area contributed by atoms with Gasteiger partial charge in [0.15, 0.2) is 8.80 Å². The summed E-state index contributed by atoms with van der Waals surface area (Å²) in [4.78, 5) is 0. The van der Waals surface area contributed by atoms with E-state index in [-0.39, 0.29) is 0 Å². The summed E-state index contributed by atoms with van der Waals surface area (Å²) >= 11 is 0. The number of hydrogen-bond acceptors (Lipinski definition) is 0. The second-order valence-electron chi connectivity index (χ2n) is 4.96. The van der Waals surface area contributed by atoms with Gasteiger partial charge in [0.25, 0.3) is 0 Å². The van der Waals surface area contributed by atoms with Crippen LogP contribution >= 0.6 is 0 Å². The van der Waals surface area contributed by atoms with Crippen molar-refractivity contribution in [1.29, 1.82) is 0 Å². The maximum Gasteiger partial charge on any atom is 0.154 e. The van der Waals surface area contributed by atoms with Crippen LogP contribution in [0.15, 0.2) is 78.9 Å². The molecule has 4 rings (SSSR count). The largest absolute Gasteiger partial charge is 0.154 e. The molecule has 0 unspecified atom stereocenters. The number of benzene rings is 3. The molecule has 0 spiro atoms. The van der Waals surface area contributed by atoms with Crippen LogP contribution in [0.25, 0.3) is 0 Å². The van der Waals surface area contributed by atoms with E-state index in [4.69, 9.17) is 0 Å². The zero-order chi connectivity index (χ0) is 13.4. The first-order valence-corrected chi connectivity index (χ1v) is 9.32. The lowest BCUT2D eigenvalue weighted by atomic mass is 10.3. The van der Waals surface area contributed by atoms with Crippen molar-refractivity contribution in [1.82, 2.24) is 0 Å². The van der Waals surface area contributed by atoms with Gasteiger partial charge in [-0.15, -0.1) is 0 Å². The molecule has 0 amide bonds. The van der Waals surface area contributed by atoms with Gasteiger partial charge in [-0.25, -0.2) is 0 Å². The molecule has 3 aromatic carbocycles. The molecule has 3 radical (unpaired) electrons. The number of fused-ring (bicyclic) bond motifs is 2. The van der Waals surface area contributed by atoms with Crippen molar-refractivity contribution in [2.75, 3.05) is 0 Å². The molecule has 0 saturated heterocycles. The molecule has 1 heterocycles. The normalized spacial score (nSPS) is 13.6. The quantitative estimate of drug-likeness (QED) is 0.438. The average molecular weight is 285 g/mol. The maximum atomic E-state index is 2.33. The van der Waals surface area contributed by atoms with Crippen LogP contribution in [0.4, 0.5) is 0 Å². The van der Waals surface area contributed by atoms with Crippen molar-refractivity contribution < 1.29 is 0 Å². The molecule has 0 aromatic heterocycles. The minimum atomic E-state index is -0.832. The van der Waals surface area contributed by atoms with Crippen molar-refractivity contribution in [3.8, 4) is 0 Å². The van der Waals surface area contributed by atoms with E-state index in [1.807, 2.05) is 0 Å². The molecule has 0 N–H and O–H groups in total. The van der Waals surface area contributed by atoms with Crippen molar-refractivity contribution >= 4 is 44.2 Å². The fraction of sp³-hybridized carbons (Fsp3) is 0. The molecule has 0 saturated carbocycles. The molecule has 20 heavy (non-hydrogen) atoms. The van der Waals surface area contributed by atoms with Crippen molar-refractivity contribution in [2.24, 2.45) is 0 Å². The van der Waals surface area contributed by atoms with Crippen molar-refractivity contribution in [3.63, 3.8) is 0 Å². The Labute approximate surface area is 123 Å². The van der Waals surface area contributed by atoms with E-state index in [9.17, 15) is 0 Å². The van der Waals surface area contributed by atoms with Gasteiger partial charge in [-0.3, -0.25) is 0 Å². The summed E-state index contributed by atoms with van der Waals surface area (Å²) in [6.07, 6.45) is 0. The van der Waals surface area contributed by atoms with Crippen molar-refractivity contribution in [2.45, 2.75) is 0 Å². The first kappa shape index (κ1) is 11.9. The summed E-state index contributed by atoms with van der Waals surface area (Å²) < 4.78 is 0. The molecule has 1 aliphatic heterocycles. The zero-order valence-corrected chi connectivity index (χ0v) is 13.0. The van der Waals surface area contributed by atoms with E-state index in [1.165, 1.54) is 15.6 Å². The highest BCUT2D eigenvalue weighted by Gasteiger charge is 2.28. The minimum absolute atomic E-state index is 0.800. The lowest BCUT2D eigenvalue weighted by Crippen LogP contribution is -2.67. The zero-order valence-electron chi connectivity index (χ0n) is 11.0. The van der Waals surface area contributed by atoms with Gasteiger partial charge in [0.05, 0.1) is 0 Å². The van der Waals surface area contributed by atoms with Crippen molar-refractivity contribution in [3.05, 3.63) is 78.9 Å². The van der Waals surface area contributed by atoms with Gasteiger partial charge >= 0.3 is 0 Å². The molecule has 0 fully saturated rings. The Balaban J connectivity index is 1.98. The molecule has 0 nitrogen and oxygen atoms in total. The Morgan fingerprint density at radius 1 is 0.550 bits per heavy atom. The van der Waals surface area contributed by atoms with E-state index in [0.717, 1.165) is 9.52 Å². The number of rotatable bonds is 1. The summed E-state index contributed by atoms with van der Waals surface area (Å²) in [5, 5.41) is 7.69. The standard InChI is InChI=1S/C18H13Si2/c1-2-8-14(9-3-1)20-17-12-6-4-10-15(17)19-16-11-5-7-13-18(16)20/h1-13H. The fourth-order valence-electron chi connectivity index (χ4n) is 2.83. The molecule has 3 aromatic rings. The van der Waals surface area contributed by atoms with E-state index in [1.54, 1.807) is 10.4 Å². The van der Waals surface area contributed by atoms with Crippen LogP contribution in [-0.2, 0) is 0 Å². The average Bonchev–Trinajstić information content (AvgIpc) is 2.53. The molecule has 2 heteroatoms. The topological polar surface area (TPSA) is 0 Å². The molecule has 0 bridgehead atoms. The maximum absolute atomic E-state index is 2.33. The third-order valence-corrected chi connectivity index (χ3v) is 8.50. The van der Waals surface area contributed by atoms with E-state index in [0.29, 0.717) is 0 Å². The third kappa shape index (κ3) is 1.89. The second-order valence-corrected chi connectivity index (χ2v) is 8.69. The summed E-state index contributed by atoms with van der Waals surface area (Å²) in [7, 11) is -0.0320. The Morgan fingerprint density at radius 3 is 1.65 bits per heavy atom. The lowest BCUT2D eigenvalue weighted by Gasteiger charge is -2.26. The minimum Gasteiger partial charge on any atom is -0.0632 e. The van der Waals surface area contributed by atoms with Gasteiger partial charge in [0.2, 0.25) is 0 Å². The predicted octanol–water partition coefficient (Wildman–Crippen LogP) is 0.171. The molecule has 93 valence electrons. The van der Waals surface area contributed by atoms with Crippen LogP contribution in [0.5, 0.6) is 0 Å². The lowest BCUT2D eigenvalue weighted by molar-refractivity contribution is 1.73. The highest BCUT2D eigenvalue weighted by atomic mass is 28.3. The number of hydrogen-bond donors (Lipinski definition) is 0. The molecular formula is C18H13Si2. The first-order valence-electron chi connectivity index (χ1n) is 6.82. The summed E-state index contributed by atoms with van der Waals surface area (Å²) in [6.45, 7) is 0. The Morgan fingerprint density at radius 2 is 1.05 bits per heavy atom. The second kappa shape index (κ2) is 4.89. The van der Waals surface area contributed by atoms with Crippen LogP contribution < -0.4 is 25.9 Å². The van der Waals surface area contributed by atoms with Crippen LogP contribution in [0.3, 0.4) is 0 Å². The summed E-state index contributed by atoms with van der Waals surface area (Å²) in [6, 6.07) is 29.0. The molecule has 0 atom stereocenters. The Hall–Kier alpha value is -1.91. The van der Waals surface area contributed by atoms with E-state index >= 15 is 0 Å². The Kier molecular flexibility index (Phi) is 2.90. The highest BCUT2D eigenvalue weighted by molar-refractivity contribution is 7.03. The van der Waals surface area contributed by atoms with Gasteiger partial charge in [-0.05, 0) is 0 Å². The molecular weight excluding hydrogens is 272 g/mol. The highest BCUT2D eigenvalue weighted by Crippen LogP contribution is 1.97. The Bertz CT molecular complexity index is 705. The van der Waals surface area contributed by atoms with E-state index in [2.05, 4.69) is 78.9 Å². The molecule has 1 aliphatic rings. The summed E-state index contributed by atoms with van der Waals surface area (Å²) in [5.74, 6) is 0. The van der Waals surface area contributed by atoms with Gasteiger partial charge in [0.1, 0.15) is 9.52 Å². The van der Waals surface area contributed by atoms with Gasteiger partial charge < -0.3 is 0 Å². The van der Waals surface area contributed by atoms with Gasteiger partial charge in [-0.2, -0.15) is 0 Å². The van der Waals surface area contributed by atoms with Crippen LogP contribution in [-0.4, -0.2) is 18.3 Å². The monoisotopic (exact) mass is 285 g/mol. The SMILES string of the molecule is c1ccc([Si]2c3ccccc3[Si]c3ccccc32)cc1. The third-order valence-electron chi connectivity index (χ3n) is 3.72. The smallest absolute Gasteiger partial charge is 0.0632 e.